The van der Waals surface area contributed by atoms with Gasteiger partial charge in [0.15, 0.2) is 6.29 Å². The molecule has 4 rings (SSSR count). The predicted molar refractivity (Wildman–Crippen MR) is 249 cm³/mol. The molecule has 0 atom stereocenters. The Hall–Kier alpha value is -5.88. The molecule has 0 bridgehead atoms. The molecule has 2 aromatic heterocycles. The maximum absolute atomic E-state index is 12.9. The minimum atomic E-state index is -3.36. The first-order valence-electron chi connectivity index (χ1n) is 22.1. The van der Waals surface area contributed by atoms with Crippen LogP contribution in [0, 0.1) is 13.8 Å². The molecular weight excluding hydrogens is 843 g/mol. The first kappa shape index (κ1) is 53.5. The van der Waals surface area contributed by atoms with Gasteiger partial charge < -0.3 is 55.3 Å². The molecule has 0 radical (unpaired) electrons. The van der Waals surface area contributed by atoms with E-state index in [4.69, 9.17) is 39.9 Å². The molecule has 0 saturated carbocycles. The lowest BCUT2D eigenvalue weighted by Gasteiger charge is -2.16. The average Bonchev–Trinajstić information content (AvgIpc) is 3.29. The van der Waals surface area contributed by atoms with Gasteiger partial charge in [0.05, 0.1) is 40.6 Å². The van der Waals surface area contributed by atoms with Gasteiger partial charge in [-0.15, -0.1) is 0 Å². The van der Waals surface area contributed by atoms with Crippen LogP contribution in [0.4, 0.5) is 32.3 Å². The summed E-state index contributed by atoms with van der Waals surface area (Å²) in [5.41, 5.74) is 17.3. The molecule has 0 fully saturated rings. The quantitative estimate of drug-likeness (QED) is 0.0280. The zero-order valence-electron chi connectivity index (χ0n) is 38.8. The number of ether oxygens (including phenoxy) is 6. The number of nitrogen functional groups attached to an aromatic ring is 2. The molecule has 0 aliphatic carbocycles. The minimum absolute atomic E-state index is 0.119. The number of methoxy groups -OCH3 is 2. The van der Waals surface area contributed by atoms with Crippen molar-refractivity contribution in [2.45, 2.75) is 97.8 Å². The second-order valence-corrected chi connectivity index (χ2v) is 15.1. The maximum atomic E-state index is 12.9. The standard InChI is InChI=1S/C24H34F2N4O4.C23H34N4O4/c1-4-5-6-10-28-22-20(17(2)29-23(27)30-22)14-18-7-8-19(15-21(18)32-3)34-13-12-33-11-9-24(25,26)16-31;1-4-5-6-10-25-22-20(17(2)26-23(24)27-22)15-18-8-9-19(16-21(18)29-3)31-14-13-30-12-7-11-28/h7-8,15-16H,4-6,9-14H2,1-3H3,(H3,27,28,29,30);8-9,11,16H,4-7,10,12-15H2,1-3H3,(H3,24,25,26,27). The molecule has 0 spiro atoms. The Labute approximate surface area is 381 Å². The molecule has 2 heterocycles. The third-order valence-electron chi connectivity index (χ3n) is 9.98. The lowest BCUT2D eigenvalue weighted by molar-refractivity contribution is -0.131. The molecule has 0 saturated heterocycles. The molecule has 6 N–H and O–H groups in total. The Bertz CT molecular complexity index is 2050. The Morgan fingerprint density at radius 1 is 0.646 bits per heavy atom. The third-order valence-corrected chi connectivity index (χ3v) is 9.98. The molecule has 2 aromatic carbocycles. The lowest BCUT2D eigenvalue weighted by atomic mass is 10.0. The Morgan fingerprint density at radius 3 is 1.52 bits per heavy atom. The number of alkyl halides is 2. The van der Waals surface area contributed by atoms with Crippen LogP contribution in [0.25, 0.3) is 0 Å². The number of carbonyl (C=O) groups is 2. The van der Waals surface area contributed by atoms with E-state index in [2.05, 4.69) is 44.4 Å². The van der Waals surface area contributed by atoms with Crippen molar-refractivity contribution in [2.24, 2.45) is 0 Å². The van der Waals surface area contributed by atoms with Crippen molar-refractivity contribution in [1.82, 2.24) is 19.9 Å². The van der Waals surface area contributed by atoms with Crippen molar-refractivity contribution >= 4 is 36.1 Å². The fraction of sp³-hybridized carbons (Fsp3) is 0.532. The van der Waals surface area contributed by atoms with Crippen molar-refractivity contribution in [1.29, 1.82) is 0 Å². The van der Waals surface area contributed by atoms with Crippen LogP contribution in [0.15, 0.2) is 36.4 Å². The van der Waals surface area contributed by atoms with Gasteiger partial charge in [-0.1, -0.05) is 51.7 Å². The normalized spacial score (nSPS) is 11.0. The summed E-state index contributed by atoms with van der Waals surface area (Å²) in [6.45, 7) is 11.1. The van der Waals surface area contributed by atoms with Crippen LogP contribution >= 0.6 is 0 Å². The Kier molecular flexibility index (Phi) is 24.3. The molecule has 0 unspecified atom stereocenters. The highest BCUT2D eigenvalue weighted by Crippen LogP contribution is 2.31. The third kappa shape index (κ3) is 19.4. The van der Waals surface area contributed by atoms with Gasteiger partial charge in [-0.25, -0.2) is 9.97 Å². The number of hydrogen-bond acceptors (Lipinski definition) is 16. The average molecular weight is 911 g/mol. The smallest absolute Gasteiger partial charge is 0.304 e. The van der Waals surface area contributed by atoms with Crippen LogP contribution in [0.1, 0.15) is 98.9 Å². The maximum Gasteiger partial charge on any atom is 0.304 e. The lowest BCUT2D eigenvalue weighted by Crippen LogP contribution is -2.21. The number of halogens is 2. The van der Waals surface area contributed by atoms with Gasteiger partial charge in [-0.05, 0) is 49.9 Å². The summed E-state index contributed by atoms with van der Waals surface area (Å²) in [6.07, 6.45) is 8.07. The number of anilines is 4. The van der Waals surface area contributed by atoms with Crippen molar-refractivity contribution in [3.05, 3.63) is 70.0 Å². The monoisotopic (exact) mass is 911 g/mol. The molecule has 0 aliphatic rings. The second kappa shape index (κ2) is 29.5. The summed E-state index contributed by atoms with van der Waals surface area (Å²) in [6, 6.07) is 11.2. The molecule has 0 amide bonds. The number of hydrogen-bond donors (Lipinski definition) is 4. The number of rotatable bonds is 31. The molecule has 358 valence electrons. The van der Waals surface area contributed by atoms with Crippen LogP contribution in [-0.4, -0.2) is 105 Å². The minimum Gasteiger partial charge on any atom is -0.496 e. The summed E-state index contributed by atoms with van der Waals surface area (Å²) in [5.74, 6) is 1.26. The molecule has 16 nitrogen and oxygen atoms in total. The van der Waals surface area contributed by atoms with Gasteiger partial charge in [-0.2, -0.15) is 18.7 Å². The summed E-state index contributed by atoms with van der Waals surface area (Å²) in [7, 11) is 3.22. The van der Waals surface area contributed by atoms with Crippen LogP contribution in [0.5, 0.6) is 23.0 Å². The van der Waals surface area contributed by atoms with Crippen molar-refractivity contribution in [3.8, 4) is 23.0 Å². The van der Waals surface area contributed by atoms with Gasteiger partial charge in [0.2, 0.25) is 11.9 Å². The SMILES string of the molecule is CCCCCNc1nc(N)nc(C)c1Cc1ccc(OCCOCCC(F)(F)C=O)cc1OC.CCCCCNc1nc(N)nc(C)c1Cc1ccc(OCCOCCC=O)cc1OC. The summed E-state index contributed by atoms with van der Waals surface area (Å²) >= 11 is 0. The Balaban J connectivity index is 0.000000347. The first-order valence-corrected chi connectivity index (χ1v) is 22.1. The van der Waals surface area contributed by atoms with E-state index in [1.165, 1.54) is 6.42 Å². The number of nitrogens with one attached hydrogen (secondary N) is 2. The zero-order chi connectivity index (χ0) is 47.5. The van der Waals surface area contributed by atoms with E-state index in [1.807, 2.05) is 38.1 Å². The number of aryl methyl sites for hydroxylation is 2. The highest BCUT2D eigenvalue weighted by Gasteiger charge is 2.27. The number of aldehydes is 2. The van der Waals surface area contributed by atoms with Crippen molar-refractivity contribution < 1.29 is 46.8 Å². The number of aromatic nitrogens is 4. The van der Waals surface area contributed by atoms with Crippen molar-refractivity contribution in [2.75, 3.05) is 89.1 Å². The van der Waals surface area contributed by atoms with Gasteiger partial charge in [-0.3, -0.25) is 4.79 Å². The highest BCUT2D eigenvalue weighted by atomic mass is 19.3. The summed E-state index contributed by atoms with van der Waals surface area (Å²) in [4.78, 5) is 38.0. The van der Waals surface area contributed by atoms with Crippen LogP contribution in [-0.2, 0) is 31.9 Å². The highest BCUT2D eigenvalue weighted by molar-refractivity contribution is 5.59. The summed E-state index contributed by atoms with van der Waals surface area (Å²) < 4.78 is 58.7. The number of carbonyl (C=O) groups excluding carboxylic acids is 2. The van der Waals surface area contributed by atoms with E-state index < -0.39 is 12.3 Å². The fourth-order valence-corrected chi connectivity index (χ4v) is 6.46. The van der Waals surface area contributed by atoms with Gasteiger partial charge in [0.25, 0.3) is 0 Å². The topological polar surface area (TPSA) is 217 Å². The van der Waals surface area contributed by atoms with E-state index in [-0.39, 0.29) is 38.0 Å². The number of benzene rings is 2. The fourth-order valence-electron chi connectivity index (χ4n) is 6.46. The molecule has 4 aromatic rings. The molecule has 18 heteroatoms. The largest absolute Gasteiger partial charge is 0.496 e. The van der Waals surface area contributed by atoms with Gasteiger partial charge in [0.1, 0.15) is 54.1 Å². The van der Waals surface area contributed by atoms with Crippen LogP contribution in [0.2, 0.25) is 0 Å². The molecule has 65 heavy (non-hydrogen) atoms. The zero-order valence-corrected chi connectivity index (χ0v) is 38.8. The number of nitrogens with zero attached hydrogens (tertiary/aromatic N) is 4. The summed E-state index contributed by atoms with van der Waals surface area (Å²) in [5, 5.41) is 6.80. The number of nitrogens with two attached hydrogens (primary N) is 2. The second-order valence-electron chi connectivity index (χ2n) is 15.1. The first-order chi connectivity index (χ1) is 31.4. The van der Waals surface area contributed by atoms with E-state index >= 15 is 0 Å². The van der Waals surface area contributed by atoms with Gasteiger partial charge >= 0.3 is 5.92 Å². The van der Waals surface area contributed by atoms with E-state index in [0.717, 1.165) is 103 Å². The van der Waals surface area contributed by atoms with Crippen molar-refractivity contribution in [3.63, 3.8) is 0 Å². The Morgan fingerprint density at radius 2 is 1.11 bits per heavy atom. The molecular formula is C47H68F2N8O8. The number of unbranched alkanes of at least 4 members (excludes halogenated alkanes) is 4. The predicted octanol–water partition coefficient (Wildman–Crippen LogP) is 7.74. The van der Waals surface area contributed by atoms with E-state index in [0.29, 0.717) is 56.3 Å². The van der Waals surface area contributed by atoms with Gasteiger partial charge in [0, 0.05) is 73.4 Å². The molecule has 0 aliphatic heterocycles. The van der Waals surface area contributed by atoms with E-state index in [9.17, 15) is 18.4 Å². The van der Waals surface area contributed by atoms with E-state index in [1.54, 1.807) is 26.4 Å². The van der Waals surface area contributed by atoms with Crippen LogP contribution < -0.4 is 41.0 Å². The van der Waals surface area contributed by atoms with Crippen LogP contribution in [0.3, 0.4) is 0 Å².